The van der Waals surface area contributed by atoms with Crippen LogP contribution in [0.4, 0.5) is 0 Å². The van der Waals surface area contributed by atoms with Gasteiger partial charge in [-0.05, 0) is 72.0 Å². The first-order chi connectivity index (χ1) is 9.43. The van der Waals surface area contributed by atoms with Crippen molar-refractivity contribution in [1.29, 1.82) is 0 Å². The Bertz CT molecular complexity index is 745. The maximum Gasteiger partial charge on any atom is 0.0182 e. The molecular formula is C18H17N. The van der Waals surface area contributed by atoms with Crippen molar-refractivity contribution in [2.75, 3.05) is 0 Å². The molecule has 1 nitrogen and oxygen atoms in total. The maximum absolute atomic E-state index is 3.93. The number of hydrogen-bond acceptors (Lipinski definition) is 1. The van der Waals surface area contributed by atoms with Crippen LogP contribution in [-0.4, -0.2) is 12.1 Å². The number of nitrogens with one attached hydrogen (secondary N) is 1. The van der Waals surface area contributed by atoms with Crippen molar-refractivity contribution >= 4 is 0 Å². The van der Waals surface area contributed by atoms with Crippen molar-refractivity contribution < 1.29 is 0 Å². The standard InChI is InChI=1S/C18H17N/c1-2-5-4(1)8-10(5)17-12(8)9-13-11-6-3-7-16(11,15(6)19-7)18(13,17)14(9)17/h4,6-9,11-15,19H,1-3H2. The molecule has 3 spiro atoms. The van der Waals surface area contributed by atoms with E-state index in [9.17, 15) is 0 Å². The molecule has 2 aliphatic heterocycles. The molecule has 94 valence electrons. The fourth-order valence-corrected chi connectivity index (χ4v) is 12.1. The first-order valence-electron chi connectivity index (χ1n) is 8.92. The highest BCUT2D eigenvalue weighted by atomic mass is 15.3. The molecule has 0 aromatic rings. The van der Waals surface area contributed by atoms with Gasteiger partial charge in [-0.1, -0.05) is 11.1 Å². The van der Waals surface area contributed by atoms with Crippen molar-refractivity contribution in [1.82, 2.24) is 5.32 Å². The van der Waals surface area contributed by atoms with Gasteiger partial charge >= 0.3 is 0 Å². The highest BCUT2D eigenvalue weighted by Crippen LogP contribution is 3.19. The van der Waals surface area contributed by atoms with Crippen LogP contribution in [0.25, 0.3) is 0 Å². The van der Waals surface area contributed by atoms with Gasteiger partial charge in [0.15, 0.2) is 0 Å². The lowest BCUT2D eigenvalue weighted by Gasteiger charge is -2.83. The molecule has 12 aliphatic rings. The van der Waals surface area contributed by atoms with Crippen LogP contribution in [0.1, 0.15) is 19.3 Å². The van der Waals surface area contributed by atoms with Crippen LogP contribution in [0, 0.1) is 63.6 Å². The Morgan fingerprint density at radius 2 is 2.16 bits per heavy atom. The van der Waals surface area contributed by atoms with E-state index in [2.05, 4.69) is 10.9 Å². The van der Waals surface area contributed by atoms with Crippen molar-refractivity contribution in [2.45, 2.75) is 31.3 Å². The van der Waals surface area contributed by atoms with Crippen molar-refractivity contribution in [3.8, 4) is 0 Å². The fraction of sp³-hybridized carbons (Fsp3) is 0.889. The summed E-state index contributed by atoms with van der Waals surface area (Å²) in [5.74, 6) is 9.79. The average Bonchev–Trinajstić information content (AvgIpc) is 2.76. The molecule has 0 aromatic heterocycles. The van der Waals surface area contributed by atoms with Gasteiger partial charge in [-0.15, -0.1) is 0 Å². The zero-order chi connectivity index (χ0) is 11.3. The summed E-state index contributed by atoms with van der Waals surface area (Å²) < 4.78 is 0. The van der Waals surface area contributed by atoms with Gasteiger partial charge in [0.2, 0.25) is 0 Å². The van der Waals surface area contributed by atoms with Gasteiger partial charge in [0.25, 0.3) is 0 Å². The number of hydrogen-bond donors (Lipinski definition) is 1. The van der Waals surface area contributed by atoms with E-state index in [0.29, 0.717) is 0 Å². The highest BCUT2D eigenvalue weighted by molar-refractivity contribution is 5.74. The SMILES string of the molecule is C1CC2C1=C1C2C2C3C4C5C6CC7NC6C75C45C3C125. The zero-order valence-corrected chi connectivity index (χ0v) is 10.9. The van der Waals surface area contributed by atoms with Gasteiger partial charge in [0, 0.05) is 22.9 Å². The van der Waals surface area contributed by atoms with E-state index in [4.69, 9.17) is 0 Å². The third-order valence-corrected chi connectivity index (χ3v) is 11.5. The molecule has 1 N–H and O–H groups in total. The molecule has 13 unspecified atom stereocenters. The van der Waals surface area contributed by atoms with Gasteiger partial charge in [0.05, 0.1) is 0 Å². The van der Waals surface area contributed by atoms with Crippen molar-refractivity contribution in [3.05, 3.63) is 11.1 Å². The van der Waals surface area contributed by atoms with E-state index in [1.54, 1.807) is 12.8 Å². The second-order valence-electron chi connectivity index (χ2n) is 10.0. The number of rotatable bonds is 0. The predicted molar refractivity (Wildman–Crippen MR) is 66.8 cm³/mol. The smallest absolute Gasteiger partial charge is 0.0182 e. The lowest BCUT2D eigenvalue weighted by molar-refractivity contribution is -0.344. The summed E-state index contributed by atoms with van der Waals surface area (Å²) in [7, 11) is 0. The quantitative estimate of drug-likeness (QED) is 0.644. The number of allylic oxidation sites excluding steroid dienone is 2. The Labute approximate surface area is 112 Å². The topological polar surface area (TPSA) is 12.0 Å². The van der Waals surface area contributed by atoms with Gasteiger partial charge in [-0.25, -0.2) is 0 Å². The first kappa shape index (κ1) is 7.64. The molecule has 0 amide bonds. The van der Waals surface area contributed by atoms with E-state index in [1.807, 2.05) is 5.57 Å². The Morgan fingerprint density at radius 3 is 3.00 bits per heavy atom. The van der Waals surface area contributed by atoms with Crippen molar-refractivity contribution in [3.63, 3.8) is 0 Å². The minimum Gasteiger partial charge on any atom is -0.310 e. The van der Waals surface area contributed by atoms with Crippen LogP contribution in [0.2, 0.25) is 0 Å². The van der Waals surface area contributed by atoms with Crippen molar-refractivity contribution in [2.24, 2.45) is 63.6 Å². The summed E-state index contributed by atoms with van der Waals surface area (Å²) >= 11 is 0. The van der Waals surface area contributed by atoms with Gasteiger partial charge in [0.1, 0.15) is 0 Å². The molecular weight excluding hydrogens is 230 g/mol. The van der Waals surface area contributed by atoms with E-state index >= 15 is 0 Å². The summed E-state index contributed by atoms with van der Waals surface area (Å²) in [5.41, 5.74) is 6.97. The van der Waals surface area contributed by atoms with Crippen LogP contribution in [0.3, 0.4) is 0 Å². The normalized spacial score (nSPS) is 96.0. The van der Waals surface area contributed by atoms with E-state index in [0.717, 1.165) is 40.2 Å². The monoisotopic (exact) mass is 247 g/mol. The summed E-state index contributed by atoms with van der Waals surface area (Å²) in [6, 6.07) is 2.04. The molecule has 19 heavy (non-hydrogen) atoms. The van der Waals surface area contributed by atoms with Crippen LogP contribution in [-0.2, 0) is 0 Å². The van der Waals surface area contributed by atoms with Crippen LogP contribution >= 0.6 is 0 Å². The molecule has 12 rings (SSSR count). The van der Waals surface area contributed by atoms with Crippen LogP contribution in [0.5, 0.6) is 0 Å². The minimum absolute atomic E-state index is 0.920. The summed E-state index contributed by atoms with van der Waals surface area (Å²) in [4.78, 5) is 0. The summed E-state index contributed by atoms with van der Waals surface area (Å²) in [5, 5.41) is 3.93. The second kappa shape index (κ2) is 1.48. The number of piperidine rings is 1. The van der Waals surface area contributed by atoms with Gasteiger partial charge in [-0.3, -0.25) is 0 Å². The zero-order valence-electron chi connectivity index (χ0n) is 10.9. The molecule has 0 radical (unpaired) electrons. The lowest BCUT2D eigenvalue weighted by Crippen LogP contribution is -2.90. The average molecular weight is 247 g/mol. The fourth-order valence-electron chi connectivity index (χ4n) is 12.1. The molecule has 2 saturated heterocycles. The summed E-state index contributed by atoms with van der Waals surface area (Å²) in [6.07, 6.45) is 4.69. The summed E-state index contributed by atoms with van der Waals surface area (Å²) in [6.45, 7) is 0. The highest BCUT2D eigenvalue weighted by Gasteiger charge is 3.19. The molecule has 10 aliphatic carbocycles. The predicted octanol–water partition coefficient (Wildman–Crippen LogP) is 1.80. The molecule has 2 heterocycles. The third-order valence-electron chi connectivity index (χ3n) is 11.5. The third kappa shape index (κ3) is 0.299. The van der Waals surface area contributed by atoms with Gasteiger partial charge in [-0.2, -0.15) is 0 Å². The second-order valence-corrected chi connectivity index (χ2v) is 10.0. The first-order valence-corrected chi connectivity index (χ1v) is 8.92. The Kier molecular flexibility index (Phi) is 0.596. The Morgan fingerprint density at radius 1 is 1.16 bits per heavy atom. The minimum atomic E-state index is 0.920. The lowest BCUT2D eigenvalue weighted by atomic mass is 9.24. The molecule has 13 atom stereocenters. The molecule has 11 fully saturated rings. The largest absolute Gasteiger partial charge is 0.310 e. The van der Waals surface area contributed by atoms with Crippen LogP contribution < -0.4 is 5.32 Å². The Balaban J connectivity index is 1.32. The number of fused-ring (bicyclic) bond motifs is 6. The molecule has 9 saturated carbocycles. The maximum atomic E-state index is 3.93. The van der Waals surface area contributed by atoms with Gasteiger partial charge < -0.3 is 5.32 Å². The molecule has 4 bridgehead atoms. The van der Waals surface area contributed by atoms with E-state index in [-0.39, 0.29) is 0 Å². The van der Waals surface area contributed by atoms with E-state index in [1.165, 1.54) is 41.9 Å². The van der Waals surface area contributed by atoms with Crippen LogP contribution in [0.15, 0.2) is 11.1 Å². The molecule has 0 aromatic carbocycles. The molecule has 1 heteroatoms. The van der Waals surface area contributed by atoms with E-state index < -0.39 is 0 Å². The Hall–Kier alpha value is -0.300.